The van der Waals surface area contributed by atoms with Crippen molar-refractivity contribution in [2.24, 2.45) is 5.92 Å². The highest BCUT2D eigenvalue weighted by molar-refractivity contribution is 5.04. The summed E-state index contributed by atoms with van der Waals surface area (Å²) >= 11 is 0. The smallest absolute Gasteiger partial charge is 0.0372 e. The second-order valence-corrected chi connectivity index (χ2v) is 5.57. The maximum Gasteiger partial charge on any atom is 0.0372 e. The standard InChI is InChI=1S/C12H23N3/c1-14-9-5-13-10-12(14)4-8-15-6-2-11(12)3-7-15/h11,13H,2-10H2,1H3. The van der Waals surface area contributed by atoms with Gasteiger partial charge in [-0.15, -0.1) is 0 Å². The Labute approximate surface area is 92.8 Å². The molecule has 1 N–H and O–H groups in total. The molecule has 3 nitrogen and oxygen atoms in total. The first-order valence-corrected chi connectivity index (χ1v) is 6.46. The van der Waals surface area contributed by atoms with E-state index in [2.05, 4.69) is 22.2 Å². The molecule has 0 amide bonds. The molecule has 0 aromatic rings. The lowest BCUT2D eigenvalue weighted by atomic mass is 9.75. The third-order valence-electron chi connectivity index (χ3n) is 5.02. The van der Waals surface area contributed by atoms with Gasteiger partial charge >= 0.3 is 0 Å². The van der Waals surface area contributed by atoms with Crippen molar-refractivity contribution >= 4 is 0 Å². The molecule has 1 atom stereocenters. The Morgan fingerprint density at radius 1 is 1.13 bits per heavy atom. The van der Waals surface area contributed by atoms with E-state index in [1.807, 2.05) is 0 Å². The number of hydrogen-bond donors (Lipinski definition) is 1. The Hall–Kier alpha value is -0.120. The topological polar surface area (TPSA) is 18.5 Å². The molecule has 4 heterocycles. The summed E-state index contributed by atoms with van der Waals surface area (Å²) in [4.78, 5) is 5.32. The minimum atomic E-state index is 0.490. The Morgan fingerprint density at radius 2 is 1.93 bits per heavy atom. The van der Waals surface area contributed by atoms with Crippen LogP contribution >= 0.6 is 0 Å². The fourth-order valence-electron chi connectivity index (χ4n) is 3.89. The van der Waals surface area contributed by atoms with Gasteiger partial charge in [0, 0.05) is 25.2 Å². The molecule has 0 aromatic heterocycles. The highest BCUT2D eigenvalue weighted by atomic mass is 15.3. The zero-order valence-corrected chi connectivity index (χ0v) is 9.84. The van der Waals surface area contributed by atoms with Crippen LogP contribution in [0.2, 0.25) is 0 Å². The molecule has 4 aliphatic rings. The van der Waals surface area contributed by atoms with Gasteiger partial charge in [-0.25, -0.2) is 0 Å². The van der Waals surface area contributed by atoms with Crippen molar-refractivity contribution < 1.29 is 0 Å². The van der Waals surface area contributed by atoms with Gasteiger partial charge in [-0.2, -0.15) is 0 Å². The van der Waals surface area contributed by atoms with Gasteiger partial charge < -0.3 is 10.2 Å². The van der Waals surface area contributed by atoms with Crippen LogP contribution in [-0.4, -0.2) is 61.7 Å². The number of rotatable bonds is 0. The molecule has 1 spiro atoms. The molecule has 2 bridgehead atoms. The second kappa shape index (κ2) is 3.72. The number of fused-ring (bicyclic) bond motifs is 3. The van der Waals surface area contributed by atoms with Crippen LogP contribution < -0.4 is 5.32 Å². The zero-order valence-electron chi connectivity index (χ0n) is 9.84. The predicted octanol–water partition coefficient (Wildman–Crippen LogP) is 0.376. The average molecular weight is 209 g/mol. The molecular weight excluding hydrogens is 186 g/mol. The maximum atomic E-state index is 3.63. The van der Waals surface area contributed by atoms with Gasteiger partial charge in [0.2, 0.25) is 0 Å². The molecule has 4 rings (SSSR count). The predicted molar refractivity (Wildman–Crippen MR) is 62.0 cm³/mol. The highest BCUT2D eigenvalue weighted by Crippen LogP contribution is 2.39. The second-order valence-electron chi connectivity index (χ2n) is 5.57. The van der Waals surface area contributed by atoms with Crippen LogP contribution in [0.15, 0.2) is 0 Å². The van der Waals surface area contributed by atoms with Gasteiger partial charge in [-0.05, 0) is 51.9 Å². The summed E-state index contributed by atoms with van der Waals surface area (Å²) in [5.74, 6) is 0.939. The van der Waals surface area contributed by atoms with Gasteiger partial charge in [0.15, 0.2) is 0 Å². The lowest BCUT2D eigenvalue weighted by Crippen LogP contribution is -2.63. The Bertz CT molecular complexity index is 235. The first-order valence-electron chi connectivity index (χ1n) is 6.46. The van der Waals surface area contributed by atoms with E-state index in [1.54, 1.807) is 0 Å². The fraction of sp³-hybridized carbons (Fsp3) is 1.00. The summed E-state index contributed by atoms with van der Waals surface area (Å²) < 4.78 is 0. The normalized spacial score (nSPS) is 47.0. The largest absolute Gasteiger partial charge is 0.314 e. The van der Waals surface area contributed by atoms with Crippen LogP contribution in [0.5, 0.6) is 0 Å². The third kappa shape index (κ3) is 1.52. The molecular formula is C12H23N3. The molecule has 0 radical (unpaired) electrons. The van der Waals surface area contributed by atoms with E-state index in [0.29, 0.717) is 5.54 Å². The summed E-state index contributed by atoms with van der Waals surface area (Å²) in [6.45, 7) is 7.65. The number of nitrogens with one attached hydrogen (secondary N) is 1. The van der Waals surface area contributed by atoms with Crippen molar-refractivity contribution in [3.63, 3.8) is 0 Å². The van der Waals surface area contributed by atoms with E-state index >= 15 is 0 Å². The molecule has 4 aliphatic heterocycles. The Kier molecular flexibility index (Phi) is 2.49. The van der Waals surface area contributed by atoms with Gasteiger partial charge in [-0.1, -0.05) is 0 Å². The van der Waals surface area contributed by atoms with Crippen LogP contribution in [0.4, 0.5) is 0 Å². The number of nitrogens with zero attached hydrogens (tertiary/aromatic N) is 2. The van der Waals surface area contributed by atoms with Crippen LogP contribution in [0, 0.1) is 5.92 Å². The van der Waals surface area contributed by atoms with Crippen LogP contribution in [0.25, 0.3) is 0 Å². The molecule has 0 aromatic carbocycles. The van der Waals surface area contributed by atoms with E-state index in [1.165, 1.54) is 58.5 Å². The SMILES string of the molecule is CN1CCNCC12CCN1CCC2CC1. The molecule has 86 valence electrons. The minimum absolute atomic E-state index is 0.490. The summed E-state index contributed by atoms with van der Waals surface area (Å²) in [6, 6.07) is 0. The van der Waals surface area contributed by atoms with E-state index in [0.717, 1.165) is 5.92 Å². The van der Waals surface area contributed by atoms with Gasteiger partial charge in [0.1, 0.15) is 0 Å². The monoisotopic (exact) mass is 209 g/mol. The summed E-state index contributed by atoms with van der Waals surface area (Å²) in [7, 11) is 2.34. The van der Waals surface area contributed by atoms with Gasteiger partial charge in [0.05, 0.1) is 0 Å². The van der Waals surface area contributed by atoms with Crippen LogP contribution in [0.3, 0.4) is 0 Å². The maximum absolute atomic E-state index is 3.63. The number of piperidine rings is 1. The quantitative estimate of drug-likeness (QED) is 0.622. The molecule has 0 saturated carbocycles. The molecule has 3 heteroatoms. The van der Waals surface area contributed by atoms with E-state index in [4.69, 9.17) is 0 Å². The van der Waals surface area contributed by atoms with Crippen molar-refractivity contribution in [3.8, 4) is 0 Å². The van der Waals surface area contributed by atoms with Crippen molar-refractivity contribution in [1.82, 2.24) is 15.1 Å². The van der Waals surface area contributed by atoms with Crippen LogP contribution in [-0.2, 0) is 0 Å². The lowest BCUT2D eigenvalue weighted by molar-refractivity contribution is 0.0249. The van der Waals surface area contributed by atoms with Crippen LogP contribution in [0.1, 0.15) is 19.3 Å². The molecule has 4 fully saturated rings. The molecule has 1 unspecified atom stereocenters. The summed E-state index contributed by atoms with van der Waals surface area (Å²) in [5, 5.41) is 3.63. The number of hydrogen-bond acceptors (Lipinski definition) is 3. The minimum Gasteiger partial charge on any atom is -0.314 e. The Morgan fingerprint density at radius 3 is 2.67 bits per heavy atom. The van der Waals surface area contributed by atoms with E-state index in [9.17, 15) is 0 Å². The van der Waals surface area contributed by atoms with Crippen molar-refractivity contribution in [2.45, 2.75) is 24.8 Å². The van der Waals surface area contributed by atoms with Gasteiger partial charge in [0.25, 0.3) is 0 Å². The van der Waals surface area contributed by atoms with E-state index < -0.39 is 0 Å². The molecule has 15 heavy (non-hydrogen) atoms. The summed E-state index contributed by atoms with van der Waals surface area (Å²) in [5.41, 5.74) is 0.490. The van der Waals surface area contributed by atoms with E-state index in [-0.39, 0.29) is 0 Å². The average Bonchev–Trinajstić information content (AvgIpc) is 2.55. The van der Waals surface area contributed by atoms with Crippen molar-refractivity contribution in [1.29, 1.82) is 0 Å². The summed E-state index contributed by atoms with van der Waals surface area (Å²) in [6.07, 6.45) is 4.22. The highest BCUT2D eigenvalue weighted by Gasteiger charge is 2.46. The molecule has 0 aliphatic carbocycles. The fourth-order valence-corrected chi connectivity index (χ4v) is 3.89. The van der Waals surface area contributed by atoms with Gasteiger partial charge in [-0.3, -0.25) is 4.90 Å². The van der Waals surface area contributed by atoms with Crippen molar-refractivity contribution in [3.05, 3.63) is 0 Å². The number of piperazine rings is 1. The lowest BCUT2D eigenvalue weighted by Gasteiger charge is -2.50. The molecule has 4 saturated heterocycles. The zero-order chi connectivity index (χ0) is 10.3. The first kappa shape index (κ1) is 10.1. The first-order chi connectivity index (χ1) is 7.31. The number of likely N-dealkylation sites (N-methyl/N-ethyl adjacent to an activating group) is 1. The third-order valence-corrected chi connectivity index (χ3v) is 5.02. The van der Waals surface area contributed by atoms with Crippen molar-refractivity contribution in [2.75, 3.05) is 46.3 Å². The Balaban J connectivity index is 1.87.